The van der Waals surface area contributed by atoms with E-state index in [0.29, 0.717) is 26.3 Å². The van der Waals surface area contributed by atoms with Crippen molar-refractivity contribution in [3.05, 3.63) is 23.9 Å². The first-order chi connectivity index (χ1) is 8.99. The predicted octanol–water partition coefficient (Wildman–Crippen LogP) is -0.695. The fraction of sp³-hybridized carbons (Fsp3) is 0.400. The summed E-state index contributed by atoms with van der Waals surface area (Å²) >= 11 is 0. The number of aromatic nitrogens is 1. The molecule has 1 aromatic heterocycles. The van der Waals surface area contributed by atoms with Crippen molar-refractivity contribution in [2.45, 2.75) is 5.03 Å². The first kappa shape index (κ1) is 13.9. The van der Waals surface area contributed by atoms with Gasteiger partial charge in [0.25, 0.3) is 10.0 Å². The van der Waals surface area contributed by atoms with E-state index in [1.165, 1.54) is 11.1 Å². The molecule has 2 heterocycles. The van der Waals surface area contributed by atoms with Gasteiger partial charge in [-0.05, 0) is 12.1 Å². The largest absolute Gasteiger partial charge is 0.478 e. The molecule has 0 spiro atoms. The Morgan fingerprint density at radius 1 is 1.37 bits per heavy atom. The van der Waals surface area contributed by atoms with Gasteiger partial charge in [0.2, 0.25) is 0 Å². The Bertz CT molecular complexity index is 551. The maximum atomic E-state index is 12.0. The molecule has 1 aliphatic rings. The maximum Gasteiger partial charge on any atom is 0.337 e. The van der Waals surface area contributed by atoms with Crippen molar-refractivity contribution >= 4 is 16.0 Å². The lowest BCUT2D eigenvalue weighted by molar-refractivity contribution is 0.0272. The summed E-state index contributed by atoms with van der Waals surface area (Å²) in [5.74, 6) is -1.16. The van der Waals surface area contributed by atoms with Crippen LogP contribution in [0.1, 0.15) is 10.4 Å². The summed E-state index contributed by atoms with van der Waals surface area (Å²) in [7, 11) is -3.79. The minimum atomic E-state index is -3.79. The summed E-state index contributed by atoms with van der Waals surface area (Å²) in [5.41, 5.74) is -0.0645. The highest BCUT2D eigenvalue weighted by Gasteiger charge is 2.21. The Morgan fingerprint density at radius 2 is 2.05 bits per heavy atom. The smallest absolute Gasteiger partial charge is 0.337 e. The van der Waals surface area contributed by atoms with E-state index in [1.54, 1.807) is 0 Å². The number of hydrogen-bond donors (Lipinski definition) is 2. The second-order valence-electron chi connectivity index (χ2n) is 3.88. The van der Waals surface area contributed by atoms with Gasteiger partial charge in [0.15, 0.2) is 5.03 Å². The lowest BCUT2D eigenvalue weighted by Gasteiger charge is -2.26. The number of nitrogens with zero attached hydrogens (tertiary/aromatic N) is 2. The third-order valence-electron chi connectivity index (χ3n) is 2.52. The Balaban J connectivity index is 2.12. The normalized spacial score (nSPS) is 17.3. The molecule has 1 aliphatic heterocycles. The average Bonchev–Trinajstić information content (AvgIpc) is 2.39. The van der Waals surface area contributed by atoms with Crippen LogP contribution in [0.2, 0.25) is 0 Å². The molecule has 0 atom stereocenters. The minimum Gasteiger partial charge on any atom is -0.478 e. The summed E-state index contributed by atoms with van der Waals surface area (Å²) in [6.45, 7) is 1.81. The highest BCUT2D eigenvalue weighted by Crippen LogP contribution is 2.08. The molecule has 1 fully saturated rings. The summed E-state index contributed by atoms with van der Waals surface area (Å²) in [6, 6.07) is 2.36. The van der Waals surface area contributed by atoms with E-state index in [-0.39, 0.29) is 10.6 Å². The van der Waals surface area contributed by atoms with Gasteiger partial charge in [-0.3, -0.25) is 0 Å². The van der Waals surface area contributed by atoms with Crippen molar-refractivity contribution in [1.29, 1.82) is 0 Å². The molecule has 2 rings (SSSR count). The number of carboxylic acid groups (broad SMARTS) is 1. The summed E-state index contributed by atoms with van der Waals surface area (Å²) in [4.78, 5) is 16.7. The van der Waals surface area contributed by atoms with E-state index in [2.05, 4.69) is 9.82 Å². The standard InChI is InChI=1S/C10H13N3O5S/c14-10(15)8-1-2-9(11-7-8)19(16,17)12-13-3-5-18-6-4-13/h1-2,7,12H,3-6H2,(H,14,15). The number of rotatable bonds is 4. The molecule has 9 heteroatoms. The molecule has 1 aromatic rings. The van der Waals surface area contributed by atoms with Gasteiger partial charge in [0.1, 0.15) is 0 Å². The fourth-order valence-corrected chi connectivity index (χ4v) is 2.59. The van der Waals surface area contributed by atoms with E-state index in [4.69, 9.17) is 9.84 Å². The number of carboxylic acids is 1. The Kier molecular flexibility index (Phi) is 4.10. The van der Waals surface area contributed by atoms with Gasteiger partial charge in [-0.2, -0.15) is 0 Å². The van der Waals surface area contributed by atoms with Crippen LogP contribution in [0.3, 0.4) is 0 Å². The lowest BCUT2D eigenvalue weighted by atomic mass is 10.3. The molecule has 2 N–H and O–H groups in total. The molecular weight excluding hydrogens is 274 g/mol. The van der Waals surface area contributed by atoms with Gasteiger partial charge in [0, 0.05) is 19.3 Å². The number of nitrogens with one attached hydrogen (secondary N) is 1. The van der Waals surface area contributed by atoms with E-state index in [1.807, 2.05) is 0 Å². The van der Waals surface area contributed by atoms with Crippen molar-refractivity contribution in [3.63, 3.8) is 0 Å². The number of sulfonamides is 1. The second kappa shape index (κ2) is 5.61. The van der Waals surface area contributed by atoms with Gasteiger partial charge in [0.05, 0.1) is 18.8 Å². The van der Waals surface area contributed by atoms with Crippen LogP contribution in [0.25, 0.3) is 0 Å². The Morgan fingerprint density at radius 3 is 2.58 bits per heavy atom. The molecule has 0 radical (unpaired) electrons. The number of carbonyl (C=O) groups is 1. The first-order valence-electron chi connectivity index (χ1n) is 5.53. The average molecular weight is 287 g/mol. The van der Waals surface area contributed by atoms with Crippen molar-refractivity contribution in [2.75, 3.05) is 26.3 Å². The fourth-order valence-electron chi connectivity index (χ4n) is 1.54. The van der Waals surface area contributed by atoms with E-state index >= 15 is 0 Å². The molecule has 0 saturated carbocycles. The van der Waals surface area contributed by atoms with Crippen molar-refractivity contribution in [1.82, 2.24) is 14.8 Å². The lowest BCUT2D eigenvalue weighted by Crippen LogP contribution is -2.48. The molecule has 0 amide bonds. The molecule has 0 aromatic carbocycles. The Hall–Kier alpha value is -1.55. The van der Waals surface area contributed by atoms with Crippen LogP contribution in [0, 0.1) is 0 Å². The van der Waals surface area contributed by atoms with Gasteiger partial charge in [-0.1, -0.05) is 0 Å². The number of pyridine rings is 1. The van der Waals surface area contributed by atoms with Crippen LogP contribution in [-0.4, -0.2) is 55.8 Å². The Labute approximate surface area is 110 Å². The quantitative estimate of drug-likeness (QED) is 0.754. The van der Waals surface area contributed by atoms with Crippen molar-refractivity contribution in [2.24, 2.45) is 0 Å². The van der Waals surface area contributed by atoms with E-state index < -0.39 is 16.0 Å². The summed E-state index contributed by atoms with van der Waals surface area (Å²) in [5, 5.41) is 10.0. The van der Waals surface area contributed by atoms with E-state index in [0.717, 1.165) is 12.3 Å². The summed E-state index contributed by atoms with van der Waals surface area (Å²) in [6.07, 6.45) is 1.01. The van der Waals surface area contributed by atoms with Crippen molar-refractivity contribution in [3.8, 4) is 0 Å². The van der Waals surface area contributed by atoms with Crippen LogP contribution < -0.4 is 4.83 Å². The third-order valence-corrected chi connectivity index (χ3v) is 3.81. The zero-order chi connectivity index (χ0) is 13.9. The van der Waals surface area contributed by atoms with Crippen LogP contribution in [0.15, 0.2) is 23.4 Å². The molecule has 0 unspecified atom stereocenters. The number of ether oxygens (including phenoxy) is 1. The molecule has 0 aliphatic carbocycles. The number of hydrogen-bond acceptors (Lipinski definition) is 6. The molecule has 0 bridgehead atoms. The molecule has 104 valence electrons. The van der Waals surface area contributed by atoms with Gasteiger partial charge >= 0.3 is 5.97 Å². The molecule has 1 saturated heterocycles. The number of aromatic carboxylic acids is 1. The predicted molar refractivity (Wildman–Crippen MR) is 63.9 cm³/mol. The van der Waals surface area contributed by atoms with Crippen LogP contribution in [-0.2, 0) is 14.8 Å². The zero-order valence-corrected chi connectivity index (χ0v) is 10.8. The molecule has 19 heavy (non-hydrogen) atoms. The first-order valence-corrected chi connectivity index (χ1v) is 7.02. The maximum absolute atomic E-state index is 12.0. The van der Waals surface area contributed by atoms with Crippen LogP contribution >= 0.6 is 0 Å². The van der Waals surface area contributed by atoms with Crippen molar-refractivity contribution < 1.29 is 23.1 Å². The third kappa shape index (κ3) is 3.47. The summed E-state index contributed by atoms with van der Waals surface area (Å²) < 4.78 is 29.1. The van der Waals surface area contributed by atoms with Gasteiger partial charge in [-0.25, -0.2) is 23.2 Å². The SMILES string of the molecule is O=C(O)c1ccc(S(=O)(=O)NN2CCOCC2)nc1. The highest BCUT2D eigenvalue weighted by atomic mass is 32.2. The second-order valence-corrected chi connectivity index (χ2v) is 5.49. The topological polar surface area (TPSA) is 109 Å². The molecular formula is C10H13N3O5S. The zero-order valence-electron chi connectivity index (χ0n) is 9.94. The van der Waals surface area contributed by atoms with E-state index in [9.17, 15) is 13.2 Å². The van der Waals surface area contributed by atoms with Gasteiger partial charge in [-0.15, -0.1) is 4.83 Å². The van der Waals surface area contributed by atoms with Crippen LogP contribution in [0.4, 0.5) is 0 Å². The number of morpholine rings is 1. The highest BCUT2D eigenvalue weighted by molar-refractivity contribution is 7.89. The minimum absolute atomic E-state index is 0.0645. The number of hydrazine groups is 1. The molecule has 8 nitrogen and oxygen atoms in total. The monoisotopic (exact) mass is 287 g/mol. The van der Waals surface area contributed by atoms with Gasteiger partial charge < -0.3 is 9.84 Å². The van der Waals surface area contributed by atoms with Crippen LogP contribution in [0.5, 0.6) is 0 Å².